The summed E-state index contributed by atoms with van der Waals surface area (Å²) in [5.74, 6) is 2.15. The van der Waals surface area contributed by atoms with Crippen LogP contribution in [0.2, 0.25) is 5.02 Å². The topological polar surface area (TPSA) is 50.9 Å². The minimum Gasteiger partial charge on any atom is -0.383 e. The molecule has 0 spiro atoms. The first-order chi connectivity index (χ1) is 9.65. The number of nitrogens with two attached hydrogens (primary N) is 1. The van der Waals surface area contributed by atoms with Crippen molar-refractivity contribution in [3.63, 3.8) is 0 Å². The molecule has 2 rings (SSSR count). The first kappa shape index (κ1) is 15.6. The lowest BCUT2D eigenvalue weighted by molar-refractivity contribution is 0.220. The highest BCUT2D eigenvalue weighted by atomic mass is 35.5. The van der Waals surface area contributed by atoms with Crippen LogP contribution in [0.15, 0.2) is 12.3 Å². The zero-order chi connectivity index (χ0) is 14.5. The van der Waals surface area contributed by atoms with Crippen LogP contribution < -0.4 is 11.1 Å². The first-order valence-electron chi connectivity index (χ1n) is 7.80. The van der Waals surface area contributed by atoms with Crippen molar-refractivity contribution in [1.82, 2.24) is 10.3 Å². The maximum Gasteiger partial charge on any atom is 0.128 e. The van der Waals surface area contributed by atoms with Crippen LogP contribution in [-0.4, -0.2) is 11.5 Å². The fourth-order valence-corrected chi connectivity index (χ4v) is 3.56. The molecule has 1 fully saturated rings. The molecule has 1 unspecified atom stereocenters. The van der Waals surface area contributed by atoms with Gasteiger partial charge in [-0.25, -0.2) is 4.98 Å². The van der Waals surface area contributed by atoms with E-state index in [9.17, 15) is 0 Å². The largest absolute Gasteiger partial charge is 0.383 e. The van der Waals surface area contributed by atoms with Crippen LogP contribution in [0, 0.1) is 11.8 Å². The summed E-state index contributed by atoms with van der Waals surface area (Å²) in [4.78, 5) is 4.21. The number of halogens is 1. The van der Waals surface area contributed by atoms with Gasteiger partial charge in [0.1, 0.15) is 5.82 Å². The Kier molecular flexibility index (Phi) is 5.67. The predicted molar refractivity (Wildman–Crippen MR) is 85.8 cm³/mol. The van der Waals surface area contributed by atoms with Crippen molar-refractivity contribution in [2.75, 3.05) is 12.3 Å². The zero-order valence-corrected chi connectivity index (χ0v) is 13.3. The number of hydrogen-bond donors (Lipinski definition) is 2. The highest BCUT2D eigenvalue weighted by molar-refractivity contribution is 6.30. The van der Waals surface area contributed by atoms with Crippen molar-refractivity contribution >= 4 is 17.4 Å². The summed E-state index contributed by atoms with van der Waals surface area (Å²) >= 11 is 6.10. The standard InChI is InChI=1S/C16H26ClN3/c1-3-11-5-7-12(8-6-11)15(19-4-2)14-9-13(17)10-20-16(14)18/h9-12,15,19H,3-8H2,1-2H3,(H2,18,20). The summed E-state index contributed by atoms with van der Waals surface area (Å²) in [6, 6.07) is 2.26. The van der Waals surface area contributed by atoms with Crippen LogP contribution in [-0.2, 0) is 0 Å². The number of hydrogen-bond acceptors (Lipinski definition) is 3. The average Bonchev–Trinajstić information content (AvgIpc) is 2.48. The molecule has 0 bridgehead atoms. The van der Waals surface area contributed by atoms with Crippen LogP contribution in [0.25, 0.3) is 0 Å². The molecular weight excluding hydrogens is 270 g/mol. The molecule has 0 aromatic carbocycles. The van der Waals surface area contributed by atoms with Crippen LogP contribution >= 0.6 is 11.6 Å². The molecule has 1 aromatic rings. The maximum absolute atomic E-state index is 6.10. The van der Waals surface area contributed by atoms with E-state index in [1.807, 2.05) is 6.07 Å². The Morgan fingerprint density at radius 2 is 2.05 bits per heavy atom. The molecule has 1 aliphatic carbocycles. The molecule has 0 radical (unpaired) electrons. The van der Waals surface area contributed by atoms with Crippen molar-refractivity contribution in [2.24, 2.45) is 11.8 Å². The third kappa shape index (κ3) is 3.64. The Balaban J connectivity index is 2.16. The number of pyridine rings is 1. The van der Waals surface area contributed by atoms with E-state index >= 15 is 0 Å². The second-order valence-corrected chi connectivity index (χ2v) is 6.29. The Bertz CT molecular complexity index is 428. The van der Waals surface area contributed by atoms with E-state index < -0.39 is 0 Å². The van der Waals surface area contributed by atoms with Crippen molar-refractivity contribution in [3.8, 4) is 0 Å². The summed E-state index contributed by atoms with van der Waals surface area (Å²) in [5.41, 5.74) is 7.14. The van der Waals surface area contributed by atoms with Gasteiger partial charge in [-0.15, -0.1) is 0 Å². The van der Waals surface area contributed by atoms with Crippen molar-refractivity contribution in [2.45, 2.75) is 52.0 Å². The molecule has 1 aromatic heterocycles. The summed E-state index contributed by atoms with van der Waals surface area (Å²) < 4.78 is 0. The molecule has 0 saturated heterocycles. The average molecular weight is 296 g/mol. The Morgan fingerprint density at radius 1 is 1.35 bits per heavy atom. The molecular formula is C16H26ClN3. The van der Waals surface area contributed by atoms with Gasteiger partial charge >= 0.3 is 0 Å². The molecule has 3 N–H and O–H groups in total. The number of rotatable bonds is 5. The molecule has 1 saturated carbocycles. The third-order valence-corrected chi connectivity index (χ3v) is 4.82. The Morgan fingerprint density at radius 3 is 2.65 bits per heavy atom. The highest BCUT2D eigenvalue weighted by Crippen LogP contribution is 2.39. The number of anilines is 1. The molecule has 1 atom stereocenters. The van der Waals surface area contributed by atoms with Gasteiger partial charge in [-0.1, -0.05) is 44.7 Å². The second kappa shape index (κ2) is 7.28. The summed E-state index contributed by atoms with van der Waals surface area (Å²) in [5, 5.41) is 4.26. The molecule has 1 heterocycles. The minimum absolute atomic E-state index is 0.281. The molecule has 0 aliphatic heterocycles. The van der Waals surface area contributed by atoms with Gasteiger partial charge in [0.2, 0.25) is 0 Å². The molecule has 0 amide bonds. The first-order valence-corrected chi connectivity index (χ1v) is 8.17. The predicted octanol–water partition coefficient (Wildman–Crippen LogP) is 4.18. The van der Waals surface area contributed by atoms with Gasteiger partial charge < -0.3 is 11.1 Å². The number of aromatic nitrogens is 1. The van der Waals surface area contributed by atoms with Gasteiger partial charge in [0, 0.05) is 17.8 Å². The van der Waals surface area contributed by atoms with Crippen molar-refractivity contribution in [1.29, 1.82) is 0 Å². The fraction of sp³-hybridized carbons (Fsp3) is 0.688. The Hall–Kier alpha value is -0.800. The molecule has 4 heteroatoms. The van der Waals surface area contributed by atoms with Gasteiger partial charge in [-0.2, -0.15) is 0 Å². The van der Waals surface area contributed by atoms with Gasteiger partial charge in [0.25, 0.3) is 0 Å². The smallest absolute Gasteiger partial charge is 0.128 e. The Labute approximate surface area is 127 Å². The lowest BCUT2D eigenvalue weighted by atomic mass is 9.76. The number of nitrogen functional groups attached to an aromatic ring is 1. The lowest BCUT2D eigenvalue weighted by Crippen LogP contribution is -2.31. The summed E-state index contributed by atoms with van der Waals surface area (Å²) in [7, 11) is 0. The molecule has 112 valence electrons. The molecule has 20 heavy (non-hydrogen) atoms. The van der Waals surface area contributed by atoms with Gasteiger partial charge in [-0.3, -0.25) is 0 Å². The van der Waals surface area contributed by atoms with E-state index in [-0.39, 0.29) is 6.04 Å². The third-order valence-electron chi connectivity index (χ3n) is 4.62. The van der Waals surface area contributed by atoms with E-state index in [4.69, 9.17) is 17.3 Å². The van der Waals surface area contributed by atoms with E-state index in [0.29, 0.717) is 16.8 Å². The van der Waals surface area contributed by atoms with Crippen LogP contribution in [0.4, 0.5) is 5.82 Å². The van der Waals surface area contributed by atoms with Gasteiger partial charge in [0.15, 0.2) is 0 Å². The van der Waals surface area contributed by atoms with Crippen molar-refractivity contribution in [3.05, 3.63) is 22.8 Å². The summed E-state index contributed by atoms with van der Waals surface area (Å²) in [6.07, 6.45) is 8.12. The van der Waals surface area contributed by atoms with Gasteiger partial charge in [-0.05, 0) is 37.3 Å². The fourth-order valence-electron chi connectivity index (χ4n) is 3.39. The van der Waals surface area contributed by atoms with Crippen LogP contribution in [0.3, 0.4) is 0 Å². The van der Waals surface area contributed by atoms with Crippen LogP contribution in [0.5, 0.6) is 0 Å². The number of nitrogens with one attached hydrogen (secondary N) is 1. The second-order valence-electron chi connectivity index (χ2n) is 5.85. The van der Waals surface area contributed by atoms with Crippen LogP contribution in [0.1, 0.15) is 57.6 Å². The van der Waals surface area contributed by atoms with E-state index in [1.165, 1.54) is 32.1 Å². The zero-order valence-electron chi connectivity index (χ0n) is 12.5. The van der Waals surface area contributed by atoms with E-state index in [1.54, 1.807) is 6.20 Å². The van der Waals surface area contributed by atoms with E-state index in [2.05, 4.69) is 24.1 Å². The van der Waals surface area contributed by atoms with E-state index in [0.717, 1.165) is 18.0 Å². The van der Waals surface area contributed by atoms with Gasteiger partial charge in [0.05, 0.1) is 5.02 Å². The SMILES string of the molecule is CCNC(c1cc(Cl)cnc1N)C1CCC(CC)CC1. The monoisotopic (exact) mass is 295 g/mol. The highest BCUT2D eigenvalue weighted by Gasteiger charge is 2.29. The molecule has 1 aliphatic rings. The number of nitrogens with zero attached hydrogens (tertiary/aromatic N) is 1. The quantitative estimate of drug-likeness (QED) is 0.856. The summed E-state index contributed by atoms with van der Waals surface area (Å²) in [6.45, 7) is 5.37. The minimum atomic E-state index is 0.281. The maximum atomic E-state index is 6.10. The molecule has 3 nitrogen and oxygen atoms in total. The lowest BCUT2D eigenvalue weighted by Gasteiger charge is -2.34. The normalized spacial score (nSPS) is 24.6. The van der Waals surface area contributed by atoms with Crippen molar-refractivity contribution < 1.29 is 0 Å².